The zero-order chi connectivity index (χ0) is 32.8. The third kappa shape index (κ3) is 7.20. The van der Waals surface area contributed by atoms with Crippen molar-refractivity contribution in [1.29, 1.82) is 0 Å². The largest absolute Gasteiger partial charge is 0.479 e. The van der Waals surface area contributed by atoms with Crippen LogP contribution in [0, 0.1) is 36.7 Å². The molecule has 1 unspecified atom stereocenters. The van der Waals surface area contributed by atoms with Crippen LogP contribution in [0.25, 0.3) is 11.1 Å². The van der Waals surface area contributed by atoms with Crippen LogP contribution in [0.2, 0.25) is 0 Å². The summed E-state index contributed by atoms with van der Waals surface area (Å²) in [5, 5.41) is 10.4. The molecule has 9 heteroatoms. The minimum absolute atomic E-state index is 0.00117. The zero-order valence-electron chi connectivity index (χ0n) is 27.4. The quantitative estimate of drug-likeness (QED) is 0.270. The van der Waals surface area contributed by atoms with Gasteiger partial charge in [0.05, 0.1) is 11.3 Å². The molecule has 2 aromatic carbocycles. The number of piperidine rings is 1. The smallest absolute Gasteiger partial charge is 0.337 e. The molecule has 0 bridgehead atoms. The summed E-state index contributed by atoms with van der Waals surface area (Å²) >= 11 is 0. The third-order valence-corrected chi connectivity index (χ3v) is 9.02. The van der Waals surface area contributed by atoms with Crippen LogP contribution >= 0.6 is 0 Å². The maximum absolute atomic E-state index is 14.4. The fraction of sp³-hybridized carbons (Fsp3) is 0.500. The van der Waals surface area contributed by atoms with Crippen molar-refractivity contribution in [3.05, 3.63) is 81.4 Å². The van der Waals surface area contributed by atoms with E-state index in [-0.39, 0.29) is 17.5 Å². The highest BCUT2D eigenvalue weighted by Crippen LogP contribution is 2.45. The maximum atomic E-state index is 14.4. The lowest BCUT2D eigenvalue weighted by Crippen LogP contribution is -2.39. The fourth-order valence-corrected chi connectivity index (χ4v) is 6.62. The Kier molecular flexibility index (Phi) is 9.08. The molecule has 1 saturated heterocycles. The predicted molar refractivity (Wildman–Crippen MR) is 170 cm³/mol. The van der Waals surface area contributed by atoms with Gasteiger partial charge in [0.1, 0.15) is 5.82 Å². The van der Waals surface area contributed by atoms with E-state index >= 15 is 0 Å². The van der Waals surface area contributed by atoms with Crippen molar-refractivity contribution >= 4 is 11.7 Å². The molecule has 242 valence electrons. The van der Waals surface area contributed by atoms with Gasteiger partial charge >= 0.3 is 5.97 Å². The molecule has 3 aromatic rings. The van der Waals surface area contributed by atoms with Crippen molar-refractivity contribution in [2.45, 2.75) is 92.5 Å². The van der Waals surface area contributed by atoms with Crippen molar-refractivity contribution in [3.63, 3.8) is 0 Å². The molecule has 1 aromatic heterocycles. The molecule has 0 saturated carbocycles. The van der Waals surface area contributed by atoms with Gasteiger partial charge in [-0.25, -0.2) is 18.0 Å². The van der Waals surface area contributed by atoms with Crippen molar-refractivity contribution in [2.24, 2.45) is 5.41 Å². The summed E-state index contributed by atoms with van der Waals surface area (Å²) in [5.41, 5.74) is 6.45. The zero-order valence-corrected chi connectivity index (χ0v) is 27.4. The van der Waals surface area contributed by atoms with E-state index in [1.165, 1.54) is 0 Å². The number of hydrogen-bond donors (Lipinski definition) is 1. The summed E-state index contributed by atoms with van der Waals surface area (Å²) in [6, 6.07) is 7.84. The molecule has 1 N–H and O–H groups in total. The molecule has 5 rings (SSSR count). The highest BCUT2D eigenvalue weighted by molar-refractivity contribution is 5.88. The van der Waals surface area contributed by atoms with Crippen molar-refractivity contribution in [2.75, 3.05) is 24.5 Å². The Hall–Kier alpha value is -3.43. The van der Waals surface area contributed by atoms with Gasteiger partial charge in [0.25, 0.3) is 0 Å². The number of aromatic nitrogens is 1. The lowest BCUT2D eigenvalue weighted by atomic mass is 9.81. The number of nitrogens with zero attached hydrogens (tertiary/aromatic N) is 3. The van der Waals surface area contributed by atoms with Gasteiger partial charge in [-0.1, -0.05) is 32.0 Å². The van der Waals surface area contributed by atoms with E-state index in [0.717, 1.165) is 65.6 Å². The molecule has 45 heavy (non-hydrogen) atoms. The number of anilines is 1. The second-order valence-corrected chi connectivity index (χ2v) is 14.3. The first-order chi connectivity index (χ1) is 21.0. The SMILES string of the molecule is Cc1nc(C)c(C(OC(C)(C)C)C(=O)O)c(N2CCC(C)(C)CC2)c1-c1ccc2c(c1)CCN(Cc1cc(F)cc(F)c1F)C2. The molecular weight excluding hydrogens is 579 g/mol. The van der Waals surface area contributed by atoms with E-state index in [1.54, 1.807) is 0 Å². The van der Waals surface area contributed by atoms with Gasteiger partial charge in [-0.05, 0) is 82.1 Å². The number of aliphatic carboxylic acids is 1. The average Bonchev–Trinajstić information content (AvgIpc) is 2.93. The van der Waals surface area contributed by atoms with Crippen LogP contribution in [0.1, 0.15) is 87.2 Å². The molecule has 3 heterocycles. The third-order valence-electron chi connectivity index (χ3n) is 9.02. The van der Waals surface area contributed by atoms with E-state index in [1.807, 2.05) is 51.7 Å². The van der Waals surface area contributed by atoms with Crippen molar-refractivity contribution in [3.8, 4) is 11.1 Å². The number of fused-ring (bicyclic) bond motifs is 1. The first-order valence-corrected chi connectivity index (χ1v) is 15.7. The number of halogens is 3. The Morgan fingerprint density at radius 1 is 1.02 bits per heavy atom. The normalized spacial score (nSPS) is 17.7. The highest BCUT2D eigenvalue weighted by Gasteiger charge is 2.36. The summed E-state index contributed by atoms with van der Waals surface area (Å²) < 4.78 is 48.2. The first-order valence-electron chi connectivity index (χ1n) is 15.7. The number of carbonyl (C=O) groups is 1. The van der Waals surface area contributed by atoms with E-state index < -0.39 is 35.1 Å². The standard InChI is InChI=1S/C36H44F3N3O3/c1-21-29(24-8-9-25-19-41(13-10-23(25)16-24)20-26-17-27(37)18-28(38)31(26)39)32(42-14-11-36(6,7)12-15-42)30(22(2)40-21)33(34(43)44)45-35(3,4)5/h8-9,16-18,33H,10-15,19-20H2,1-7H3,(H,43,44). The minimum atomic E-state index is -1.19. The van der Waals surface area contributed by atoms with E-state index in [9.17, 15) is 23.1 Å². The van der Waals surface area contributed by atoms with Gasteiger partial charge in [0.2, 0.25) is 0 Å². The van der Waals surface area contributed by atoms with Crippen LogP contribution in [0.4, 0.5) is 18.9 Å². The minimum Gasteiger partial charge on any atom is -0.479 e. The molecule has 1 atom stereocenters. The lowest BCUT2D eigenvalue weighted by molar-refractivity contribution is -0.160. The monoisotopic (exact) mass is 623 g/mol. The molecule has 2 aliphatic heterocycles. The number of rotatable bonds is 7. The van der Waals surface area contributed by atoms with Crippen LogP contribution in [-0.2, 0) is 29.0 Å². The second-order valence-electron chi connectivity index (χ2n) is 14.3. The van der Waals surface area contributed by atoms with Crippen LogP contribution in [0.15, 0.2) is 30.3 Å². The Bertz CT molecular complexity index is 1610. The number of aryl methyl sites for hydroxylation is 2. The number of carboxylic acid groups (broad SMARTS) is 1. The number of hydrogen-bond acceptors (Lipinski definition) is 5. The first kappa shape index (κ1) is 32.9. The van der Waals surface area contributed by atoms with E-state index in [0.29, 0.717) is 36.8 Å². The fourth-order valence-electron chi connectivity index (χ4n) is 6.62. The molecule has 6 nitrogen and oxygen atoms in total. The molecule has 1 fully saturated rings. The Morgan fingerprint density at radius 2 is 1.71 bits per heavy atom. The second kappa shape index (κ2) is 12.4. The van der Waals surface area contributed by atoms with Crippen molar-refractivity contribution < 1.29 is 27.8 Å². The van der Waals surface area contributed by atoms with Crippen molar-refractivity contribution in [1.82, 2.24) is 9.88 Å². The van der Waals surface area contributed by atoms with Gasteiger partial charge in [-0.15, -0.1) is 0 Å². The summed E-state index contributed by atoms with van der Waals surface area (Å²) in [6.45, 7) is 16.7. The maximum Gasteiger partial charge on any atom is 0.337 e. The topological polar surface area (TPSA) is 65.9 Å². The lowest BCUT2D eigenvalue weighted by Gasteiger charge is -2.41. The van der Waals surface area contributed by atoms with E-state index in [2.05, 4.69) is 24.8 Å². The van der Waals surface area contributed by atoms with Crippen LogP contribution in [-0.4, -0.2) is 46.2 Å². The van der Waals surface area contributed by atoms with Gasteiger partial charge in [0.15, 0.2) is 17.7 Å². The highest BCUT2D eigenvalue weighted by atomic mass is 19.2. The number of carboxylic acids is 1. The van der Waals surface area contributed by atoms with E-state index in [4.69, 9.17) is 9.72 Å². The predicted octanol–water partition coefficient (Wildman–Crippen LogP) is 7.91. The number of pyridine rings is 1. The average molecular weight is 624 g/mol. The van der Waals surface area contributed by atoms with Crippen LogP contribution in [0.5, 0.6) is 0 Å². The Balaban J connectivity index is 1.56. The molecule has 0 spiro atoms. The number of benzene rings is 2. The van der Waals surface area contributed by atoms with Crippen LogP contribution < -0.4 is 4.90 Å². The summed E-state index contributed by atoms with van der Waals surface area (Å²) in [6.07, 6.45) is 1.42. The Morgan fingerprint density at radius 3 is 2.36 bits per heavy atom. The van der Waals surface area contributed by atoms with Gasteiger partial charge < -0.3 is 14.7 Å². The summed E-state index contributed by atoms with van der Waals surface area (Å²) in [4.78, 5) is 22.0. The summed E-state index contributed by atoms with van der Waals surface area (Å²) in [7, 11) is 0. The molecule has 0 aliphatic carbocycles. The molecular formula is C36H44F3N3O3. The molecule has 0 amide bonds. The van der Waals surface area contributed by atoms with Gasteiger partial charge in [-0.3, -0.25) is 9.88 Å². The van der Waals surface area contributed by atoms with Gasteiger partial charge in [0, 0.05) is 66.9 Å². The number of ether oxygens (including phenoxy) is 1. The summed E-state index contributed by atoms with van der Waals surface area (Å²) in [5.74, 6) is -4.04. The van der Waals surface area contributed by atoms with Gasteiger partial charge in [-0.2, -0.15) is 0 Å². The van der Waals surface area contributed by atoms with Crippen LogP contribution in [0.3, 0.4) is 0 Å². The molecule has 2 aliphatic rings. The Labute approximate surface area is 264 Å². The molecule has 0 radical (unpaired) electrons.